The zero-order chi connectivity index (χ0) is 13.0. The Balaban J connectivity index is 2.79. The molecule has 1 aromatic heterocycles. The molecule has 0 aromatic carbocycles. The van der Waals surface area contributed by atoms with Crippen LogP contribution in [-0.4, -0.2) is 4.98 Å². The van der Waals surface area contributed by atoms with Crippen molar-refractivity contribution in [2.75, 3.05) is 0 Å². The van der Waals surface area contributed by atoms with Crippen LogP contribution in [0.5, 0.6) is 0 Å². The molecule has 0 fully saturated rings. The molecular weight excluding hydrogens is 295 g/mol. The van der Waals surface area contributed by atoms with Crippen molar-refractivity contribution in [1.29, 1.82) is 0 Å². The molecule has 0 bridgehead atoms. The molecule has 0 unspecified atom stereocenters. The van der Waals surface area contributed by atoms with Gasteiger partial charge >= 0.3 is 104 Å². The topological polar surface area (TPSA) is 15.8 Å². The van der Waals surface area contributed by atoms with E-state index in [1.807, 2.05) is 0 Å². The number of aromatic amines is 1. The fraction of sp³-hybridized carbons (Fsp3) is 0.467. The third-order valence-corrected chi connectivity index (χ3v) is 13.7. The van der Waals surface area contributed by atoms with Gasteiger partial charge in [-0.2, -0.15) is 0 Å². The molecule has 0 saturated heterocycles. The van der Waals surface area contributed by atoms with Gasteiger partial charge in [-0.25, -0.2) is 0 Å². The summed E-state index contributed by atoms with van der Waals surface area (Å²) in [5.74, 6) is 0. The van der Waals surface area contributed by atoms with Crippen LogP contribution in [-0.2, 0) is 12.4 Å². The minimum atomic E-state index is -3.16. The first-order valence-corrected chi connectivity index (χ1v) is 14.5. The molecule has 1 nitrogen and oxygen atoms in total. The van der Waals surface area contributed by atoms with Crippen molar-refractivity contribution in [2.45, 2.75) is 42.3 Å². The number of hydrogen-bond donors (Lipinski definition) is 1. The summed E-state index contributed by atoms with van der Waals surface area (Å²) in [6.07, 6.45) is 5.57. The van der Waals surface area contributed by atoms with E-state index < -0.39 is 12.4 Å². The maximum absolute atomic E-state index is 3.49. The van der Waals surface area contributed by atoms with Gasteiger partial charge in [-0.1, -0.05) is 0 Å². The molecule has 1 aromatic rings. The molecule has 0 radical (unpaired) electrons. The average Bonchev–Trinajstić information content (AvgIpc) is 2.73. The number of hydrogen-bond acceptors (Lipinski definition) is 0. The van der Waals surface area contributed by atoms with Crippen LogP contribution in [0.1, 0.15) is 20.3 Å². The maximum atomic E-state index is 3.49. The van der Waals surface area contributed by atoms with Gasteiger partial charge in [0.1, 0.15) is 0 Å². The fourth-order valence-electron chi connectivity index (χ4n) is 3.02. The molecule has 2 heteroatoms. The summed E-state index contributed by atoms with van der Waals surface area (Å²) in [5, 5.41) is 0. The Morgan fingerprint density at radius 3 is 2.18 bits per heavy atom. The van der Waals surface area contributed by atoms with Crippen LogP contribution in [0.2, 0.25) is 22.1 Å². The molecule has 0 atom stereocenters. The van der Waals surface area contributed by atoms with Gasteiger partial charge in [0.25, 0.3) is 0 Å². The number of nitrogens with one attached hydrogen (secondary N) is 1. The van der Waals surface area contributed by atoms with Gasteiger partial charge in [0.15, 0.2) is 0 Å². The third-order valence-electron chi connectivity index (χ3n) is 3.62. The first-order valence-electron chi connectivity index (χ1n) is 5.81. The van der Waals surface area contributed by atoms with Gasteiger partial charge < -0.3 is 0 Å². The van der Waals surface area contributed by atoms with Crippen molar-refractivity contribution in [3.63, 3.8) is 0 Å². The van der Waals surface area contributed by atoms with Gasteiger partial charge in [0, 0.05) is 0 Å². The first kappa shape index (κ1) is 12.8. The Morgan fingerprint density at radius 2 is 1.76 bits per heavy atom. The molecule has 0 aliphatic heterocycles. The van der Waals surface area contributed by atoms with Crippen LogP contribution < -0.4 is 4.29 Å². The molecule has 98 valence electrons. The molecule has 1 heterocycles. The second-order valence-corrected chi connectivity index (χ2v) is 26.4. The van der Waals surface area contributed by atoms with E-state index in [4.69, 9.17) is 0 Å². The van der Waals surface area contributed by atoms with Crippen molar-refractivity contribution in [1.82, 2.24) is 4.98 Å². The Kier molecular flexibility index (Phi) is 2.29. The van der Waals surface area contributed by atoms with Crippen LogP contribution in [0.25, 0.3) is 0 Å². The molecule has 0 saturated carbocycles. The summed E-state index contributed by atoms with van der Waals surface area (Å²) in [6.45, 7) is 4.57. The summed E-state index contributed by atoms with van der Waals surface area (Å²) >= 11 is -3.16. The Labute approximate surface area is 104 Å². The van der Waals surface area contributed by atoms with Crippen molar-refractivity contribution >= 4 is 4.29 Å². The predicted octanol–water partition coefficient (Wildman–Crippen LogP) is 4.68. The molecule has 17 heavy (non-hydrogen) atoms. The van der Waals surface area contributed by atoms with Gasteiger partial charge in [-0.3, -0.25) is 0 Å². The minimum absolute atomic E-state index is 1.13. The van der Waals surface area contributed by atoms with E-state index in [-0.39, 0.29) is 0 Å². The van der Waals surface area contributed by atoms with Crippen molar-refractivity contribution in [3.05, 3.63) is 39.7 Å². The second-order valence-electron chi connectivity index (χ2n) is 6.80. The van der Waals surface area contributed by atoms with Gasteiger partial charge in [-0.05, 0) is 0 Å². The quantitative estimate of drug-likeness (QED) is 0.762. The average molecular weight is 320 g/mol. The Bertz CT molecular complexity index is 520. The van der Waals surface area contributed by atoms with Crippen molar-refractivity contribution < 1.29 is 12.4 Å². The van der Waals surface area contributed by atoms with Crippen molar-refractivity contribution in [3.8, 4) is 0 Å². The second kappa shape index (κ2) is 3.03. The van der Waals surface area contributed by atoms with Crippen LogP contribution in [0, 0.1) is 0 Å². The zero-order valence-corrected chi connectivity index (χ0v) is 13.6. The molecule has 1 aliphatic rings. The monoisotopic (exact) mass is 321 g/mol. The summed E-state index contributed by atoms with van der Waals surface area (Å²) in [6, 6.07) is 4.39. The van der Waals surface area contributed by atoms with Crippen LogP contribution in [0.3, 0.4) is 0 Å². The fourth-order valence-corrected chi connectivity index (χ4v) is 13.0. The standard InChI is InChI=1S/C7H9.C4H4N.4CH3.Ru/c1-6-3-4-7(2)5-6;1-2-4-5-3-1;;;;;/h3H,4H2,1-2H3;1-3,5H;4*1H3;. The van der Waals surface area contributed by atoms with Crippen LogP contribution in [0.4, 0.5) is 0 Å². The summed E-state index contributed by atoms with van der Waals surface area (Å²) in [7, 11) is 0. The van der Waals surface area contributed by atoms with Gasteiger partial charge in [-0.15, -0.1) is 0 Å². The number of rotatable bonds is 2. The van der Waals surface area contributed by atoms with E-state index in [1.165, 1.54) is 9.86 Å². The molecule has 2 rings (SSSR count). The van der Waals surface area contributed by atoms with E-state index in [0.29, 0.717) is 0 Å². The first-order chi connectivity index (χ1) is 7.56. The zero-order valence-electron chi connectivity index (χ0n) is 11.9. The van der Waals surface area contributed by atoms with Crippen LogP contribution >= 0.6 is 0 Å². The molecular formula is C15H25NRu. The van der Waals surface area contributed by atoms with E-state index in [9.17, 15) is 0 Å². The van der Waals surface area contributed by atoms with E-state index in [0.717, 1.165) is 6.42 Å². The Hall–Kier alpha value is -0.617. The van der Waals surface area contributed by atoms with Gasteiger partial charge in [0.2, 0.25) is 0 Å². The molecule has 1 aliphatic carbocycles. The molecule has 1 N–H and O–H groups in total. The number of allylic oxidation sites excluding steroid dienone is 4. The summed E-state index contributed by atoms with van der Waals surface area (Å²) in [5.41, 5.74) is 13.1. The summed E-state index contributed by atoms with van der Waals surface area (Å²) in [4.78, 5) is 3.49. The number of H-pyrrole nitrogens is 1. The molecule has 0 spiro atoms. The number of aromatic nitrogens is 1. The van der Waals surface area contributed by atoms with E-state index in [2.05, 4.69) is 65.3 Å². The summed E-state index contributed by atoms with van der Waals surface area (Å²) < 4.78 is 3.09. The molecule has 0 amide bonds. The van der Waals surface area contributed by atoms with E-state index >= 15 is 0 Å². The third kappa shape index (κ3) is 1.78. The normalized spacial score (nSPS) is 21.2. The van der Waals surface area contributed by atoms with Gasteiger partial charge in [0.05, 0.1) is 0 Å². The SMILES string of the molecule is CC1=CCC(C)=[C]1[Ru]([CH3])([CH3])([CH3])([CH3])[c]1ccc[nH]1. The van der Waals surface area contributed by atoms with Crippen molar-refractivity contribution in [2.24, 2.45) is 0 Å². The Morgan fingerprint density at radius 1 is 1.12 bits per heavy atom. The van der Waals surface area contributed by atoms with Crippen LogP contribution in [0.15, 0.2) is 39.7 Å². The van der Waals surface area contributed by atoms with E-state index in [1.54, 1.807) is 9.74 Å². The predicted molar refractivity (Wildman–Crippen MR) is 75.0 cm³/mol.